The lowest BCUT2D eigenvalue weighted by Gasteiger charge is -2.26. The van der Waals surface area contributed by atoms with Gasteiger partial charge in [-0.05, 0) is 12.8 Å². The van der Waals surface area contributed by atoms with Crippen molar-refractivity contribution >= 4 is 15.9 Å². The molecule has 1 rings (SSSR count). The van der Waals surface area contributed by atoms with Crippen LogP contribution < -0.4 is 5.32 Å². The fraction of sp³-hybridized carbons (Fsp3) is 0.900. The van der Waals surface area contributed by atoms with Crippen molar-refractivity contribution in [1.82, 2.24) is 9.62 Å². The second-order valence-electron chi connectivity index (χ2n) is 4.29. The highest BCUT2D eigenvalue weighted by molar-refractivity contribution is 7.88. The van der Waals surface area contributed by atoms with Crippen molar-refractivity contribution in [3.05, 3.63) is 0 Å². The Labute approximate surface area is 97.2 Å². The van der Waals surface area contributed by atoms with Crippen LogP contribution in [0.2, 0.25) is 0 Å². The Morgan fingerprint density at radius 1 is 1.38 bits per heavy atom. The molecule has 6 heteroatoms. The first-order valence-electron chi connectivity index (χ1n) is 5.62. The maximum Gasteiger partial charge on any atom is 0.216 e. The Balaban J connectivity index is 2.54. The highest BCUT2D eigenvalue weighted by Crippen LogP contribution is 2.24. The van der Waals surface area contributed by atoms with E-state index in [4.69, 9.17) is 0 Å². The van der Waals surface area contributed by atoms with E-state index in [1.54, 1.807) is 0 Å². The number of carbonyl (C=O) groups is 1. The number of nitrogens with one attached hydrogen (secondary N) is 1. The van der Waals surface area contributed by atoms with Gasteiger partial charge in [-0.3, -0.25) is 4.79 Å². The van der Waals surface area contributed by atoms with Crippen molar-refractivity contribution in [3.63, 3.8) is 0 Å². The predicted molar refractivity (Wildman–Crippen MR) is 62.5 cm³/mol. The molecule has 0 heterocycles. The first kappa shape index (κ1) is 13.4. The zero-order valence-corrected chi connectivity index (χ0v) is 10.7. The number of carbonyl (C=O) groups excluding carboxylic acids is 1. The summed E-state index contributed by atoms with van der Waals surface area (Å²) in [5, 5.41) is 2.63. The summed E-state index contributed by atoms with van der Waals surface area (Å²) in [5.41, 5.74) is 0. The third-order valence-corrected chi connectivity index (χ3v) is 4.20. The van der Waals surface area contributed by atoms with Crippen LogP contribution in [-0.4, -0.2) is 44.0 Å². The summed E-state index contributed by atoms with van der Waals surface area (Å²) >= 11 is 0. The number of hydrogen-bond acceptors (Lipinski definition) is 3. The van der Waals surface area contributed by atoms with Crippen molar-refractivity contribution in [3.8, 4) is 0 Å². The van der Waals surface area contributed by atoms with Crippen LogP contribution in [0.3, 0.4) is 0 Å². The summed E-state index contributed by atoms with van der Waals surface area (Å²) in [5.74, 6) is -0.125. The molecule has 0 atom stereocenters. The molecule has 0 unspecified atom stereocenters. The minimum Gasteiger partial charge on any atom is -0.355 e. The molecule has 0 aromatic carbocycles. The molecule has 1 aliphatic carbocycles. The first-order chi connectivity index (χ1) is 7.41. The quantitative estimate of drug-likeness (QED) is 0.762. The monoisotopic (exact) mass is 248 g/mol. The van der Waals surface area contributed by atoms with Crippen LogP contribution in [0.25, 0.3) is 0 Å². The van der Waals surface area contributed by atoms with Gasteiger partial charge in [-0.15, -0.1) is 0 Å². The summed E-state index contributed by atoms with van der Waals surface area (Å²) in [6.07, 6.45) is 5.30. The number of hydrogen-bond donors (Lipinski definition) is 1. The topological polar surface area (TPSA) is 66.5 Å². The molecule has 0 aromatic heterocycles. The maximum absolute atomic E-state index is 11.6. The Bertz CT molecular complexity index is 334. The lowest BCUT2D eigenvalue weighted by atomic mass is 10.2. The minimum absolute atomic E-state index is 0.125. The van der Waals surface area contributed by atoms with Gasteiger partial charge >= 0.3 is 0 Å². The second-order valence-corrected chi connectivity index (χ2v) is 6.23. The van der Waals surface area contributed by atoms with Crippen LogP contribution in [-0.2, 0) is 14.8 Å². The van der Waals surface area contributed by atoms with Gasteiger partial charge in [0.2, 0.25) is 15.9 Å². The molecule has 0 aromatic rings. The zero-order chi connectivity index (χ0) is 12.2. The van der Waals surface area contributed by atoms with Gasteiger partial charge in [0.05, 0.1) is 6.26 Å². The molecular formula is C10H20N2O3S. The van der Waals surface area contributed by atoms with E-state index in [0.29, 0.717) is 13.1 Å². The maximum atomic E-state index is 11.6. The molecule has 0 bridgehead atoms. The third kappa shape index (κ3) is 4.09. The predicted octanol–water partition coefficient (Wildman–Crippen LogP) is 0.327. The zero-order valence-electron chi connectivity index (χ0n) is 9.90. The van der Waals surface area contributed by atoms with Gasteiger partial charge in [0, 0.05) is 26.1 Å². The SMILES string of the molecule is CC(=O)NCCN(C1CCCC1)S(C)(=O)=O. The summed E-state index contributed by atoms with van der Waals surface area (Å²) < 4.78 is 24.7. The number of nitrogens with zero attached hydrogens (tertiary/aromatic N) is 1. The average Bonchev–Trinajstić information content (AvgIpc) is 2.62. The molecule has 5 nitrogen and oxygen atoms in total. The average molecular weight is 248 g/mol. The van der Waals surface area contributed by atoms with E-state index >= 15 is 0 Å². The molecule has 0 spiro atoms. The molecule has 16 heavy (non-hydrogen) atoms. The molecule has 1 N–H and O–H groups in total. The van der Waals surface area contributed by atoms with Gasteiger partial charge in [0.25, 0.3) is 0 Å². The van der Waals surface area contributed by atoms with Crippen LogP contribution in [0, 0.1) is 0 Å². The second kappa shape index (κ2) is 5.63. The highest BCUT2D eigenvalue weighted by atomic mass is 32.2. The first-order valence-corrected chi connectivity index (χ1v) is 7.47. The normalized spacial score (nSPS) is 17.9. The number of rotatable bonds is 5. The van der Waals surface area contributed by atoms with E-state index < -0.39 is 10.0 Å². The van der Waals surface area contributed by atoms with E-state index in [9.17, 15) is 13.2 Å². The summed E-state index contributed by atoms with van der Waals surface area (Å²) in [6.45, 7) is 2.20. The molecule has 1 amide bonds. The summed E-state index contributed by atoms with van der Waals surface area (Å²) in [4.78, 5) is 10.7. The Morgan fingerprint density at radius 3 is 2.38 bits per heavy atom. The molecule has 94 valence electrons. The smallest absolute Gasteiger partial charge is 0.216 e. The van der Waals surface area contributed by atoms with E-state index in [0.717, 1.165) is 25.7 Å². The van der Waals surface area contributed by atoms with E-state index in [1.165, 1.54) is 17.5 Å². The van der Waals surface area contributed by atoms with Crippen molar-refractivity contribution in [1.29, 1.82) is 0 Å². The van der Waals surface area contributed by atoms with Crippen LogP contribution >= 0.6 is 0 Å². The van der Waals surface area contributed by atoms with Crippen molar-refractivity contribution < 1.29 is 13.2 Å². The largest absolute Gasteiger partial charge is 0.355 e. The van der Waals surface area contributed by atoms with Gasteiger partial charge in [-0.1, -0.05) is 12.8 Å². The molecule has 0 radical (unpaired) electrons. The van der Waals surface area contributed by atoms with Crippen molar-refractivity contribution in [2.45, 2.75) is 38.6 Å². The number of amides is 1. The van der Waals surface area contributed by atoms with E-state index in [-0.39, 0.29) is 11.9 Å². The standard InChI is InChI=1S/C10H20N2O3S/c1-9(13)11-7-8-12(16(2,14)15)10-5-3-4-6-10/h10H,3-8H2,1-2H3,(H,11,13). The van der Waals surface area contributed by atoms with Gasteiger partial charge in [-0.25, -0.2) is 8.42 Å². The van der Waals surface area contributed by atoms with Crippen LogP contribution in [0.5, 0.6) is 0 Å². The van der Waals surface area contributed by atoms with E-state index in [1.807, 2.05) is 0 Å². The Kier molecular flexibility index (Phi) is 4.73. The van der Waals surface area contributed by atoms with Gasteiger partial charge in [0.1, 0.15) is 0 Å². The fourth-order valence-electron chi connectivity index (χ4n) is 2.15. The minimum atomic E-state index is -3.16. The number of sulfonamides is 1. The van der Waals surface area contributed by atoms with Crippen LogP contribution in [0.1, 0.15) is 32.6 Å². The van der Waals surface area contributed by atoms with Crippen LogP contribution in [0.15, 0.2) is 0 Å². The van der Waals surface area contributed by atoms with Gasteiger partial charge in [0.15, 0.2) is 0 Å². The molecular weight excluding hydrogens is 228 g/mol. The molecule has 1 aliphatic rings. The van der Waals surface area contributed by atoms with Crippen LogP contribution in [0.4, 0.5) is 0 Å². The lowest BCUT2D eigenvalue weighted by Crippen LogP contribution is -2.42. The third-order valence-electron chi connectivity index (χ3n) is 2.86. The molecule has 0 saturated heterocycles. The Hall–Kier alpha value is -0.620. The van der Waals surface area contributed by atoms with Gasteiger partial charge < -0.3 is 5.32 Å². The van der Waals surface area contributed by atoms with Crippen molar-refractivity contribution in [2.75, 3.05) is 19.3 Å². The highest BCUT2D eigenvalue weighted by Gasteiger charge is 2.28. The van der Waals surface area contributed by atoms with E-state index in [2.05, 4.69) is 5.32 Å². The van der Waals surface area contributed by atoms with Crippen molar-refractivity contribution in [2.24, 2.45) is 0 Å². The fourth-order valence-corrected chi connectivity index (χ4v) is 3.33. The molecule has 1 saturated carbocycles. The Morgan fingerprint density at radius 2 is 1.94 bits per heavy atom. The summed E-state index contributed by atoms with van der Waals surface area (Å²) in [7, 11) is -3.16. The van der Waals surface area contributed by atoms with Gasteiger partial charge in [-0.2, -0.15) is 4.31 Å². The summed E-state index contributed by atoms with van der Waals surface area (Å²) in [6, 6.07) is 0.128. The molecule has 0 aliphatic heterocycles. The lowest BCUT2D eigenvalue weighted by molar-refractivity contribution is -0.118. The molecule has 1 fully saturated rings.